The first-order chi connectivity index (χ1) is 13.4. The Bertz CT molecular complexity index is 1030. The average molecular weight is 401 g/mol. The molecule has 0 unspecified atom stereocenters. The van der Waals surface area contributed by atoms with Crippen molar-refractivity contribution in [1.82, 2.24) is 14.4 Å². The molecular weight excluding hydrogens is 378 g/mol. The maximum Gasteiger partial charge on any atom is 0.242 e. The van der Waals surface area contributed by atoms with E-state index in [0.29, 0.717) is 12.4 Å². The molecule has 0 N–H and O–H groups in total. The van der Waals surface area contributed by atoms with E-state index in [1.54, 1.807) is 0 Å². The van der Waals surface area contributed by atoms with Gasteiger partial charge in [-0.1, -0.05) is 29.4 Å². The summed E-state index contributed by atoms with van der Waals surface area (Å²) >= 11 is 0. The highest BCUT2D eigenvalue weighted by atomic mass is 32.2. The van der Waals surface area contributed by atoms with Gasteiger partial charge in [0.2, 0.25) is 21.7 Å². The maximum atomic E-state index is 12.7. The Morgan fingerprint density at radius 3 is 2.50 bits per heavy atom. The largest absolute Gasteiger partial charge is 0.494 e. The molecule has 0 aliphatic heterocycles. The summed E-state index contributed by atoms with van der Waals surface area (Å²) in [5, 5.41) is 3.95. The minimum absolute atomic E-state index is 0.0121. The summed E-state index contributed by atoms with van der Waals surface area (Å²) in [6.45, 7) is 4.42. The van der Waals surface area contributed by atoms with E-state index in [4.69, 9.17) is 9.26 Å². The lowest BCUT2D eigenvalue weighted by molar-refractivity contribution is 0.336. The van der Waals surface area contributed by atoms with Crippen molar-refractivity contribution in [3.63, 3.8) is 0 Å². The van der Waals surface area contributed by atoms with Crippen LogP contribution >= 0.6 is 0 Å². The fourth-order valence-electron chi connectivity index (χ4n) is 2.67. The summed E-state index contributed by atoms with van der Waals surface area (Å²) in [6.07, 6.45) is 0. The van der Waals surface area contributed by atoms with Gasteiger partial charge >= 0.3 is 0 Å². The summed E-state index contributed by atoms with van der Waals surface area (Å²) in [5.41, 5.74) is 2.48. The highest BCUT2D eigenvalue weighted by Crippen LogP contribution is 2.21. The van der Waals surface area contributed by atoms with Crippen LogP contribution in [0.2, 0.25) is 0 Å². The maximum absolute atomic E-state index is 12.7. The summed E-state index contributed by atoms with van der Waals surface area (Å²) in [7, 11) is -2.00. The molecule has 148 valence electrons. The second kappa shape index (κ2) is 8.53. The van der Waals surface area contributed by atoms with Crippen molar-refractivity contribution in [2.75, 3.05) is 13.7 Å². The summed E-state index contributed by atoms with van der Waals surface area (Å²) in [4.78, 5) is 4.31. The molecule has 3 aromatic rings. The number of hydrogen-bond donors (Lipinski definition) is 0. The van der Waals surface area contributed by atoms with Gasteiger partial charge in [-0.3, -0.25) is 0 Å². The summed E-state index contributed by atoms with van der Waals surface area (Å²) in [5.74, 6) is 1.33. The van der Waals surface area contributed by atoms with E-state index in [-0.39, 0.29) is 18.2 Å². The molecule has 0 saturated carbocycles. The van der Waals surface area contributed by atoms with Crippen molar-refractivity contribution >= 4 is 10.0 Å². The highest BCUT2D eigenvalue weighted by Gasteiger charge is 2.22. The standard InChI is InChI=1S/C20H23N3O4S/c1-4-26-18-11-9-16(10-12-18)20-21-19(27-22-20)13-23(3)28(24,25)14-17-8-6-5-7-15(17)2/h5-12H,4,13-14H2,1-3H3. The number of benzene rings is 2. The van der Waals surface area contributed by atoms with Crippen molar-refractivity contribution in [2.24, 2.45) is 0 Å². The topological polar surface area (TPSA) is 85.5 Å². The van der Waals surface area contributed by atoms with Gasteiger partial charge in [-0.25, -0.2) is 8.42 Å². The van der Waals surface area contributed by atoms with Crippen LogP contribution in [-0.2, 0) is 22.3 Å². The van der Waals surface area contributed by atoms with Crippen molar-refractivity contribution in [1.29, 1.82) is 0 Å². The zero-order valence-corrected chi connectivity index (χ0v) is 16.9. The molecule has 1 aromatic heterocycles. The van der Waals surface area contributed by atoms with Gasteiger partial charge in [0.25, 0.3) is 0 Å². The Kier molecular flexibility index (Phi) is 6.11. The zero-order valence-electron chi connectivity index (χ0n) is 16.1. The monoisotopic (exact) mass is 401 g/mol. The van der Waals surface area contributed by atoms with Crippen LogP contribution in [0.15, 0.2) is 53.1 Å². The molecule has 8 heteroatoms. The first-order valence-electron chi connectivity index (χ1n) is 8.93. The van der Waals surface area contributed by atoms with E-state index >= 15 is 0 Å². The number of aryl methyl sites for hydroxylation is 1. The molecule has 0 amide bonds. The van der Waals surface area contributed by atoms with E-state index in [1.165, 1.54) is 11.4 Å². The van der Waals surface area contributed by atoms with Crippen LogP contribution in [0, 0.1) is 6.92 Å². The van der Waals surface area contributed by atoms with Gasteiger partial charge < -0.3 is 9.26 Å². The van der Waals surface area contributed by atoms with Crippen LogP contribution < -0.4 is 4.74 Å². The van der Waals surface area contributed by atoms with Crippen LogP contribution in [0.1, 0.15) is 23.9 Å². The number of ether oxygens (including phenoxy) is 1. The SMILES string of the molecule is CCOc1ccc(-c2noc(CN(C)S(=O)(=O)Cc3ccccc3C)n2)cc1. The van der Waals surface area contributed by atoms with E-state index in [0.717, 1.165) is 22.4 Å². The number of rotatable bonds is 8. The highest BCUT2D eigenvalue weighted by molar-refractivity contribution is 7.88. The molecule has 0 aliphatic rings. The molecule has 7 nitrogen and oxygen atoms in total. The van der Waals surface area contributed by atoms with Crippen molar-refractivity contribution in [2.45, 2.75) is 26.1 Å². The second-order valence-electron chi connectivity index (χ2n) is 6.41. The number of hydrogen-bond acceptors (Lipinski definition) is 6. The predicted molar refractivity (Wildman–Crippen MR) is 106 cm³/mol. The lowest BCUT2D eigenvalue weighted by Crippen LogP contribution is -2.28. The number of aromatic nitrogens is 2. The Morgan fingerprint density at radius 1 is 1.11 bits per heavy atom. The molecule has 0 aliphatic carbocycles. The van der Waals surface area contributed by atoms with Crippen LogP contribution in [0.25, 0.3) is 11.4 Å². The van der Waals surface area contributed by atoms with Gasteiger partial charge in [0.1, 0.15) is 5.75 Å². The summed E-state index contributed by atoms with van der Waals surface area (Å²) < 4.78 is 37.2. The molecule has 0 spiro atoms. The van der Waals surface area contributed by atoms with Crippen LogP contribution in [-0.4, -0.2) is 36.5 Å². The van der Waals surface area contributed by atoms with E-state index < -0.39 is 10.0 Å². The fraction of sp³-hybridized carbons (Fsp3) is 0.300. The van der Waals surface area contributed by atoms with Crippen LogP contribution in [0.4, 0.5) is 0 Å². The zero-order chi connectivity index (χ0) is 20.1. The molecular formula is C20H23N3O4S. The first-order valence-corrected chi connectivity index (χ1v) is 10.5. The minimum atomic E-state index is -3.51. The third kappa shape index (κ3) is 4.76. The molecule has 3 rings (SSSR count). The smallest absolute Gasteiger partial charge is 0.242 e. The Morgan fingerprint density at radius 2 is 1.82 bits per heavy atom. The average Bonchev–Trinajstić information content (AvgIpc) is 3.13. The Balaban J connectivity index is 1.69. The number of sulfonamides is 1. The normalized spacial score (nSPS) is 11.7. The first kappa shape index (κ1) is 20.0. The van der Waals surface area contributed by atoms with Crippen LogP contribution in [0.5, 0.6) is 5.75 Å². The van der Waals surface area contributed by atoms with Gasteiger partial charge in [0, 0.05) is 12.6 Å². The lowest BCUT2D eigenvalue weighted by atomic mass is 10.1. The lowest BCUT2D eigenvalue weighted by Gasteiger charge is -2.15. The van der Waals surface area contributed by atoms with Crippen molar-refractivity contribution in [3.8, 4) is 17.1 Å². The molecule has 0 radical (unpaired) electrons. The summed E-state index contributed by atoms with van der Waals surface area (Å²) in [6, 6.07) is 14.7. The molecule has 0 saturated heterocycles. The van der Waals surface area contributed by atoms with E-state index in [9.17, 15) is 8.42 Å². The fourth-order valence-corrected chi connectivity index (χ4v) is 3.92. The van der Waals surface area contributed by atoms with Crippen LogP contribution in [0.3, 0.4) is 0 Å². The van der Waals surface area contributed by atoms with Gasteiger partial charge in [-0.05, 0) is 49.2 Å². The Hall–Kier alpha value is -2.71. The van der Waals surface area contributed by atoms with Crippen molar-refractivity contribution in [3.05, 3.63) is 65.5 Å². The molecule has 0 atom stereocenters. The quantitative estimate of drug-likeness (QED) is 0.575. The molecule has 0 bridgehead atoms. The molecule has 2 aromatic carbocycles. The number of nitrogens with zero attached hydrogens (tertiary/aromatic N) is 3. The Labute approximate surface area is 165 Å². The van der Waals surface area contributed by atoms with Gasteiger partial charge in [0.15, 0.2) is 0 Å². The van der Waals surface area contributed by atoms with E-state index in [2.05, 4.69) is 10.1 Å². The van der Waals surface area contributed by atoms with Crippen molar-refractivity contribution < 1.29 is 17.7 Å². The molecule has 28 heavy (non-hydrogen) atoms. The van der Waals surface area contributed by atoms with Gasteiger partial charge in [-0.15, -0.1) is 0 Å². The van der Waals surface area contributed by atoms with Gasteiger partial charge in [0.05, 0.1) is 18.9 Å². The second-order valence-corrected chi connectivity index (χ2v) is 8.48. The minimum Gasteiger partial charge on any atom is -0.494 e. The predicted octanol–water partition coefficient (Wildman–Crippen LogP) is 3.41. The third-order valence-electron chi connectivity index (χ3n) is 4.32. The van der Waals surface area contributed by atoms with E-state index in [1.807, 2.05) is 62.4 Å². The molecule has 1 heterocycles. The third-order valence-corrected chi connectivity index (χ3v) is 6.08. The van der Waals surface area contributed by atoms with Gasteiger partial charge in [-0.2, -0.15) is 9.29 Å². The molecule has 0 fully saturated rings.